The zero-order valence-corrected chi connectivity index (χ0v) is 10.7. The van der Waals surface area contributed by atoms with Crippen LogP contribution in [0.1, 0.15) is 12.7 Å². The summed E-state index contributed by atoms with van der Waals surface area (Å²) >= 11 is 5.91. The lowest BCUT2D eigenvalue weighted by molar-refractivity contribution is -0.136. The van der Waals surface area contributed by atoms with Gasteiger partial charge in [0.2, 0.25) is 0 Å². The van der Waals surface area contributed by atoms with E-state index >= 15 is 0 Å². The third-order valence-corrected chi connectivity index (χ3v) is 2.76. The molecule has 0 saturated heterocycles. The number of nitrogens with zero attached hydrogens (tertiary/aromatic N) is 2. The number of aromatic nitrogens is 2. The summed E-state index contributed by atoms with van der Waals surface area (Å²) in [4.78, 5) is 15.2. The number of halogens is 1. The number of rotatable bonds is 4. The van der Waals surface area contributed by atoms with Crippen molar-refractivity contribution in [1.82, 2.24) is 9.55 Å². The lowest BCUT2D eigenvalue weighted by Gasteiger charge is -2.07. The van der Waals surface area contributed by atoms with Crippen LogP contribution in [0.3, 0.4) is 0 Å². The molecule has 1 N–H and O–H groups in total. The second-order valence-electron chi connectivity index (χ2n) is 4.27. The van der Waals surface area contributed by atoms with Crippen LogP contribution in [0.4, 0.5) is 0 Å². The number of hydrogen-bond donors (Lipinski definition) is 1. The summed E-state index contributed by atoms with van der Waals surface area (Å²) in [7, 11) is 0. The van der Waals surface area contributed by atoms with E-state index in [1.165, 1.54) is 0 Å². The Bertz CT molecular complexity index is 631. The van der Waals surface area contributed by atoms with Crippen LogP contribution in [0.15, 0.2) is 30.4 Å². The van der Waals surface area contributed by atoms with Crippen LogP contribution in [-0.2, 0) is 17.8 Å². The highest BCUT2D eigenvalue weighted by Gasteiger charge is 2.13. The molecule has 2 aromatic rings. The van der Waals surface area contributed by atoms with Gasteiger partial charge in [-0.05, 0) is 25.1 Å². The van der Waals surface area contributed by atoms with Crippen LogP contribution in [0, 0.1) is 0 Å². The van der Waals surface area contributed by atoms with Crippen molar-refractivity contribution in [3.8, 4) is 0 Å². The van der Waals surface area contributed by atoms with E-state index in [4.69, 9.17) is 16.7 Å². The van der Waals surface area contributed by atoms with E-state index in [-0.39, 0.29) is 6.42 Å². The maximum Gasteiger partial charge on any atom is 0.311 e. The lowest BCUT2D eigenvalue weighted by atomic mass is 10.3. The molecule has 0 atom stereocenters. The third-order valence-electron chi connectivity index (χ3n) is 2.53. The number of hydrogen-bond acceptors (Lipinski definition) is 2. The average molecular weight is 265 g/mol. The maximum absolute atomic E-state index is 10.8. The van der Waals surface area contributed by atoms with Gasteiger partial charge < -0.3 is 9.67 Å². The molecule has 0 amide bonds. The summed E-state index contributed by atoms with van der Waals surface area (Å²) in [6.45, 7) is 6.30. The van der Waals surface area contributed by atoms with Crippen molar-refractivity contribution < 1.29 is 9.90 Å². The van der Waals surface area contributed by atoms with Crippen LogP contribution in [-0.4, -0.2) is 20.6 Å². The highest BCUT2D eigenvalue weighted by Crippen LogP contribution is 2.21. The first-order valence-electron chi connectivity index (χ1n) is 5.48. The van der Waals surface area contributed by atoms with Gasteiger partial charge >= 0.3 is 5.97 Å². The number of carbonyl (C=O) groups is 1. The van der Waals surface area contributed by atoms with Crippen molar-refractivity contribution in [3.63, 3.8) is 0 Å². The average Bonchev–Trinajstić information content (AvgIpc) is 2.54. The standard InChI is InChI=1S/C13H13ClN2O2/c1-8(2)7-16-11-4-3-9(14)5-10(11)15-12(16)6-13(17)18/h3-5H,1,6-7H2,2H3,(H,17,18). The first-order valence-corrected chi connectivity index (χ1v) is 5.86. The highest BCUT2D eigenvalue weighted by molar-refractivity contribution is 6.31. The van der Waals surface area contributed by atoms with E-state index < -0.39 is 5.97 Å². The Hall–Kier alpha value is -1.81. The normalized spacial score (nSPS) is 10.8. The molecule has 1 aromatic carbocycles. The second-order valence-corrected chi connectivity index (χ2v) is 4.71. The Kier molecular flexibility index (Phi) is 3.39. The number of aliphatic carboxylic acids is 1. The van der Waals surface area contributed by atoms with Crippen LogP contribution < -0.4 is 0 Å². The number of benzene rings is 1. The summed E-state index contributed by atoms with van der Waals surface area (Å²) in [5.41, 5.74) is 2.52. The minimum atomic E-state index is -0.903. The molecule has 0 bridgehead atoms. The SMILES string of the molecule is C=C(C)Cn1c(CC(=O)O)nc2cc(Cl)ccc21. The maximum atomic E-state index is 10.8. The van der Waals surface area contributed by atoms with Gasteiger partial charge in [-0.15, -0.1) is 0 Å². The second kappa shape index (κ2) is 4.82. The molecule has 0 spiro atoms. The molecular formula is C13H13ClN2O2. The third kappa shape index (κ3) is 2.54. The topological polar surface area (TPSA) is 55.1 Å². The predicted octanol–water partition coefficient (Wildman–Crippen LogP) is 2.89. The highest BCUT2D eigenvalue weighted by atomic mass is 35.5. The summed E-state index contributed by atoms with van der Waals surface area (Å²) in [5.74, 6) is -0.387. The first kappa shape index (κ1) is 12.6. The molecule has 0 saturated carbocycles. The van der Waals surface area contributed by atoms with Crippen LogP contribution in [0.5, 0.6) is 0 Å². The van der Waals surface area contributed by atoms with Gasteiger partial charge in [0.25, 0.3) is 0 Å². The van der Waals surface area contributed by atoms with Gasteiger partial charge in [-0.25, -0.2) is 4.98 Å². The summed E-state index contributed by atoms with van der Waals surface area (Å²) in [6, 6.07) is 5.35. The Morgan fingerprint density at radius 1 is 1.56 bits per heavy atom. The zero-order chi connectivity index (χ0) is 13.3. The minimum absolute atomic E-state index is 0.112. The molecule has 94 valence electrons. The van der Waals surface area contributed by atoms with Crippen LogP contribution in [0.25, 0.3) is 11.0 Å². The molecule has 1 heterocycles. The van der Waals surface area contributed by atoms with Gasteiger partial charge in [0.15, 0.2) is 0 Å². The zero-order valence-electron chi connectivity index (χ0n) is 9.98. The van der Waals surface area contributed by atoms with Gasteiger partial charge in [-0.3, -0.25) is 4.79 Å². The van der Waals surface area contributed by atoms with E-state index in [1.807, 2.05) is 17.6 Å². The van der Waals surface area contributed by atoms with Crippen molar-refractivity contribution in [3.05, 3.63) is 41.2 Å². The first-order chi connectivity index (χ1) is 8.47. The summed E-state index contributed by atoms with van der Waals surface area (Å²) < 4.78 is 1.86. The van der Waals surface area contributed by atoms with Gasteiger partial charge in [0, 0.05) is 11.6 Å². The number of carboxylic acids is 1. The summed E-state index contributed by atoms with van der Waals surface area (Å²) in [6.07, 6.45) is -0.112. The van der Waals surface area contributed by atoms with E-state index in [0.717, 1.165) is 11.1 Å². The largest absolute Gasteiger partial charge is 0.481 e. The molecule has 18 heavy (non-hydrogen) atoms. The minimum Gasteiger partial charge on any atom is -0.481 e. The van der Waals surface area contributed by atoms with E-state index in [1.54, 1.807) is 12.1 Å². The molecule has 4 nitrogen and oxygen atoms in total. The molecule has 2 rings (SSSR count). The van der Waals surface area contributed by atoms with Crippen molar-refractivity contribution in [2.24, 2.45) is 0 Å². The fourth-order valence-electron chi connectivity index (χ4n) is 1.87. The number of fused-ring (bicyclic) bond motifs is 1. The molecule has 5 heteroatoms. The molecule has 0 unspecified atom stereocenters. The Labute approximate surface area is 110 Å². The lowest BCUT2D eigenvalue weighted by Crippen LogP contribution is -2.09. The van der Waals surface area contributed by atoms with Crippen molar-refractivity contribution in [2.75, 3.05) is 0 Å². The Morgan fingerprint density at radius 2 is 2.28 bits per heavy atom. The quantitative estimate of drug-likeness (QED) is 0.864. The fraction of sp³-hybridized carbons (Fsp3) is 0.231. The molecule has 0 radical (unpaired) electrons. The Balaban J connectivity index is 2.59. The van der Waals surface area contributed by atoms with Gasteiger partial charge in [-0.2, -0.15) is 0 Å². The molecular weight excluding hydrogens is 252 g/mol. The monoisotopic (exact) mass is 264 g/mol. The number of carboxylic acid groups (broad SMARTS) is 1. The molecule has 0 fully saturated rings. The summed E-state index contributed by atoms with van der Waals surface area (Å²) in [5, 5.41) is 9.49. The van der Waals surface area contributed by atoms with Gasteiger partial charge in [-0.1, -0.05) is 23.8 Å². The van der Waals surface area contributed by atoms with E-state index in [0.29, 0.717) is 22.9 Å². The number of imidazole rings is 1. The van der Waals surface area contributed by atoms with E-state index in [2.05, 4.69) is 11.6 Å². The van der Waals surface area contributed by atoms with Gasteiger partial charge in [0.05, 0.1) is 11.0 Å². The van der Waals surface area contributed by atoms with Crippen molar-refractivity contribution in [2.45, 2.75) is 19.9 Å². The molecule has 0 aliphatic heterocycles. The smallest absolute Gasteiger partial charge is 0.311 e. The van der Waals surface area contributed by atoms with E-state index in [9.17, 15) is 4.79 Å². The van der Waals surface area contributed by atoms with Crippen molar-refractivity contribution in [1.29, 1.82) is 0 Å². The molecule has 1 aromatic heterocycles. The number of allylic oxidation sites excluding steroid dienone is 1. The molecule has 0 aliphatic carbocycles. The molecule has 0 aliphatic rings. The predicted molar refractivity (Wildman–Crippen MR) is 70.9 cm³/mol. The fourth-order valence-corrected chi connectivity index (χ4v) is 2.04. The van der Waals surface area contributed by atoms with Crippen molar-refractivity contribution >= 4 is 28.6 Å². The van der Waals surface area contributed by atoms with Crippen LogP contribution in [0.2, 0.25) is 5.02 Å². The van der Waals surface area contributed by atoms with Crippen LogP contribution >= 0.6 is 11.6 Å². The Morgan fingerprint density at radius 3 is 2.89 bits per heavy atom. The van der Waals surface area contributed by atoms with Gasteiger partial charge in [0.1, 0.15) is 12.2 Å².